The molecular formula is C16H18ClN3O3. The van der Waals surface area contributed by atoms with Gasteiger partial charge in [0.2, 0.25) is 0 Å². The predicted octanol–water partition coefficient (Wildman–Crippen LogP) is 1.78. The lowest BCUT2D eigenvalue weighted by Gasteiger charge is -2.31. The zero-order valence-electron chi connectivity index (χ0n) is 13.0. The zero-order chi connectivity index (χ0) is 16.6. The normalized spacial score (nSPS) is 20.9. The molecule has 2 heterocycles. The average molecular weight is 336 g/mol. The third-order valence-corrected chi connectivity index (χ3v) is 4.56. The highest BCUT2D eigenvalue weighted by Crippen LogP contribution is 2.37. The van der Waals surface area contributed by atoms with Gasteiger partial charge in [-0.25, -0.2) is 4.79 Å². The van der Waals surface area contributed by atoms with Gasteiger partial charge >= 0.3 is 6.03 Å². The van der Waals surface area contributed by atoms with Crippen molar-refractivity contribution in [3.63, 3.8) is 0 Å². The molecule has 0 fully saturated rings. The van der Waals surface area contributed by atoms with Gasteiger partial charge in [0.25, 0.3) is 5.91 Å². The van der Waals surface area contributed by atoms with Crippen LogP contribution in [-0.2, 0) is 9.53 Å². The molecular weight excluding hydrogens is 318 g/mol. The molecule has 23 heavy (non-hydrogen) atoms. The molecule has 122 valence electrons. The number of carbonyl (C=O) groups is 2. The van der Waals surface area contributed by atoms with E-state index >= 15 is 0 Å². The minimum atomic E-state index is -0.526. The number of hydrogen-bond acceptors (Lipinski definition) is 3. The van der Waals surface area contributed by atoms with Crippen LogP contribution in [-0.4, -0.2) is 55.6 Å². The van der Waals surface area contributed by atoms with Crippen LogP contribution in [0.1, 0.15) is 11.6 Å². The van der Waals surface area contributed by atoms with E-state index in [0.29, 0.717) is 30.3 Å². The zero-order valence-corrected chi connectivity index (χ0v) is 13.8. The van der Waals surface area contributed by atoms with E-state index < -0.39 is 6.04 Å². The molecule has 0 radical (unpaired) electrons. The first-order valence-corrected chi connectivity index (χ1v) is 7.72. The van der Waals surface area contributed by atoms with Crippen molar-refractivity contribution in [2.24, 2.45) is 0 Å². The predicted molar refractivity (Wildman–Crippen MR) is 86.0 cm³/mol. The van der Waals surface area contributed by atoms with Gasteiger partial charge in [-0.15, -0.1) is 0 Å². The number of nitrogens with one attached hydrogen (secondary N) is 1. The molecule has 1 aromatic carbocycles. The Morgan fingerprint density at radius 3 is 2.78 bits per heavy atom. The Hall–Kier alpha value is -2.05. The van der Waals surface area contributed by atoms with Gasteiger partial charge in [0.05, 0.1) is 30.5 Å². The van der Waals surface area contributed by atoms with Crippen molar-refractivity contribution in [1.29, 1.82) is 0 Å². The second-order valence-corrected chi connectivity index (χ2v) is 5.95. The number of carbonyl (C=O) groups excluding carboxylic acids is 2. The summed E-state index contributed by atoms with van der Waals surface area (Å²) in [6.07, 6.45) is 0. The van der Waals surface area contributed by atoms with Crippen molar-refractivity contribution in [1.82, 2.24) is 15.1 Å². The van der Waals surface area contributed by atoms with Crippen LogP contribution in [0.2, 0.25) is 5.02 Å². The van der Waals surface area contributed by atoms with Gasteiger partial charge in [-0.1, -0.05) is 29.8 Å². The molecule has 0 saturated heterocycles. The van der Waals surface area contributed by atoms with Crippen molar-refractivity contribution in [3.05, 3.63) is 46.1 Å². The molecule has 0 unspecified atom stereocenters. The smallest absolute Gasteiger partial charge is 0.322 e. The first-order chi connectivity index (χ1) is 11.0. The minimum Gasteiger partial charge on any atom is -0.383 e. The van der Waals surface area contributed by atoms with E-state index in [-0.39, 0.29) is 11.9 Å². The van der Waals surface area contributed by atoms with Crippen LogP contribution in [0, 0.1) is 0 Å². The summed E-state index contributed by atoms with van der Waals surface area (Å²) in [5.41, 5.74) is 2.03. The van der Waals surface area contributed by atoms with Crippen LogP contribution in [0.3, 0.4) is 0 Å². The van der Waals surface area contributed by atoms with E-state index in [0.717, 1.165) is 11.3 Å². The first kappa shape index (κ1) is 15.8. The molecule has 3 amide bonds. The van der Waals surface area contributed by atoms with E-state index in [9.17, 15) is 9.59 Å². The largest absolute Gasteiger partial charge is 0.383 e. The first-order valence-electron chi connectivity index (χ1n) is 7.34. The van der Waals surface area contributed by atoms with E-state index in [4.69, 9.17) is 16.3 Å². The highest BCUT2D eigenvalue weighted by molar-refractivity contribution is 6.31. The second kappa shape index (κ2) is 6.22. The molecule has 0 aromatic heterocycles. The molecule has 0 bridgehead atoms. The monoisotopic (exact) mass is 335 g/mol. The lowest BCUT2D eigenvalue weighted by molar-refractivity contribution is -0.126. The van der Waals surface area contributed by atoms with Crippen molar-refractivity contribution < 1.29 is 14.3 Å². The molecule has 0 spiro atoms. The highest BCUT2D eigenvalue weighted by Gasteiger charge is 2.43. The third kappa shape index (κ3) is 2.68. The summed E-state index contributed by atoms with van der Waals surface area (Å²) < 4.78 is 5.05. The van der Waals surface area contributed by atoms with Gasteiger partial charge in [0.1, 0.15) is 0 Å². The van der Waals surface area contributed by atoms with Gasteiger partial charge in [0, 0.05) is 25.7 Å². The van der Waals surface area contributed by atoms with Crippen LogP contribution >= 0.6 is 11.6 Å². The van der Waals surface area contributed by atoms with E-state index in [2.05, 4.69) is 5.32 Å². The molecule has 2 aliphatic rings. The van der Waals surface area contributed by atoms with E-state index in [1.165, 1.54) is 4.90 Å². The Labute approximate surface area is 139 Å². The van der Waals surface area contributed by atoms with Crippen molar-refractivity contribution in [2.45, 2.75) is 6.04 Å². The molecule has 0 aliphatic carbocycles. The van der Waals surface area contributed by atoms with Gasteiger partial charge < -0.3 is 15.0 Å². The quantitative estimate of drug-likeness (QED) is 0.912. The number of likely N-dealkylation sites (N-methyl/N-ethyl adjacent to an activating group) is 1. The number of benzene rings is 1. The maximum absolute atomic E-state index is 12.8. The van der Waals surface area contributed by atoms with Gasteiger partial charge in [-0.2, -0.15) is 0 Å². The molecule has 1 N–H and O–H groups in total. The summed E-state index contributed by atoms with van der Waals surface area (Å²) in [4.78, 5) is 28.2. The van der Waals surface area contributed by atoms with Crippen molar-refractivity contribution >= 4 is 23.5 Å². The van der Waals surface area contributed by atoms with Gasteiger partial charge in [0.15, 0.2) is 0 Å². The molecule has 0 saturated carbocycles. The van der Waals surface area contributed by atoms with Gasteiger partial charge in [-0.3, -0.25) is 9.69 Å². The Morgan fingerprint density at radius 1 is 1.35 bits per heavy atom. The molecule has 7 heteroatoms. The van der Waals surface area contributed by atoms with Crippen LogP contribution in [0.25, 0.3) is 0 Å². The van der Waals surface area contributed by atoms with E-state index in [1.807, 2.05) is 18.2 Å². The fraction of sp³-hybridized carbons (Fsp3) is 0.375. The number of hydrogen-bond donors (Lipinski definition) is 1. The minimum absolute atomic E-state index is 0.0891. The summed E-state index contributed by atoms with van der Waals surface area (Å²) in [5, 5.41) is 3.39. The van der Waals surface area contributed by atoms with Crippen LogP contribution < -0.4 is 5.32 Å². The number of rotatable bonds is 4. The molecule has 6 nitrogen and oxygen atoms in total. The summed E-state index contributed by atoms with van der Waals surface area (Å²) in [7, 11) is 3.26. The Morgan fingerprint density at radius 2 is 2.09 bits per heavy atom. The number of nitrogens with zero attached hydrogens (tertiary/aromatic N) is 2. The number of amides is 3. The Balaban J connectivity index is 2.00. The van der Waals surface area contributed by atoms with Crippen LogP contribution in [0.5, 0.6) is 0 Å². The maximum Gasteiger partial charge on any atom is 0.322 e. The number of halogens is 1. The summed E-state index contributed by atoms with van der Waals surface area (Å²) in [6, 6.07) is 6.48. The van der Waals surface area contributed by atoms with Crippen LogP contribution in [0.4, 0.5) is 4.79 Å². The fourth-order valence-electron chi connectivity index (χ4n) is 2.95. The standard InChI is InChI=1S/C16H18ClN3O3/c1-19-12-9-20(7-8-23-2)15(21)13(12)14(18-16(19)22)10-5-3-4-6-11(10)17/h3-6,14H,7-9H2,1-2H3,(H,18,22)/t14-/m1/s1. The molecule has 2 aliphatic heterocycles. The summed E-state index contributed by atoms with van der Waals surface area (Å²) in [5.74, 6) is -0.0891. The molecule has 1 atom stereocenters. The molecule has 3 rings (SSSR count). The summed E-state index contributed by atoms with van der Waals surface area (Å²) >= 11 is 6.27. The fourth-order valence-corrected chi connectivity index (χ4v) is 3.19. The average Bonchev–Trinajstić information content (AvgIpc) is 2.87. The van der Waals surface area contributed by atoms with Crippen LogP contribution in [0.15, 0.2) is 35.5 Å². The van der Waals surface area contributed by atoms with Gasteiger partial charge in [-0.05, 0) is 11.6 Å². The van der Waals surface area contributed by atoms with Crippen molar-refractivity contribution in [3.8, 4) is 0 Å². The lowest BCUT2D eigenvalue weighted by atomic mass is 9.96. The maximum atomic E-state index is 12.8. The topological polar surface area (TPSA) is 61.9 Å². The van der Waals surface area contributed by atoms with E-state index in [1.54, 1.807) is 25.1 Å². The Bertz CT molecular complexity index is 689. The van der Waals surface area contributed by atoms with Crippen molar-refractivity contribution in [2.75, 3.05) is 33.9 Å². The Kier molecular flexibility index (Phi) is 4.28. The number of methoxy groups -OCH3 is 1. The summed E-state index contributed by atoms with van der Waals surface area (Å²) in [6.45, 7) is 1.34. The molecule has 1 aromatic rings. The highest BCUT2D eigenvalue weighted by atomic mass is 35.5. The number of ether oxygens (including phenoxy) is 1. The second-order valence-electron chi connectivity index (χ2n) is 5.54. The third-order valence-electron chi connectivity index (χ3n) is 4.22. The lowest BCUT2D eigenvalue weighted by Crippen LogP contribution is -2.45. The SMILES string of the molecule is COCCN1CC2=C(C1=O)[C@@H](c1ccccc1Cl)NC(=O)N2C. The number of urea groups is 1.